The highest BCUT2D eigenvalue weighted by molar-refractivity contribution is 5.78. The van der Waals surface area contributed by atoms with E-state index in [9.17, 15) is 4.79 Å². The van der Waals surface area contributed by atoms with Gasteiger partial charge in [-0.15, -0.1) is 0 Å². The fraction of sp³-hybridized carbons (Fsp3) is 0.318. The van der Waals surface area contributed by atoms with Crippen LogP contribution in [0.4, 0.5) is 0 Å². The van der Waals surface area contributed by atoms with E-state index in [0.717, 1.165) is 36.2 Å². The number of likely N-dealkylation sites (N-methyl/N-ethyl adjacent to an activating group) is 1. The molecule has 0 bridgehead atoms. The highest BCUT2D eigenvalue weighted by atomic mass is 16.2. The van der Waals surface area contributed by atoms with Crippen LogP contribution in [-0.4, -0.2) is 52.4 Å². The molecule has 0 spiro atoms. The number of hydrogen-bond acceptors (Lipinski definition) is 4. The van der Waals surface area contributed by atoms with Gasteiger partial charge >= 0.3 is 0 Å². The van der Waals surface area contributed by atoms with Gasteiger partial charge in [0, 0.05) is 13.6 Å². The van der Waals surface area contributed by atoms with Crippen molar-refractivity contribution in [2.75, 3.05) is 26.7 Å². The Balaban J connectivity index is 1.34. The van der Waals surface area contributed by atoms with Crippen LogP contribution >= 0.6 is 0 Å². The molecular formula is C22H24N4O. The number of rotatable bonds is 5. The van der Waals surface area contributed by atoms with E-state index in [-0.39, 0.29) is 5.91 Å². The van der Waals surface area contributed by atoms with Crippen molar-refractivity contribution in [3.05, 3.63) is 72.1 Å². The molecule has 138 valence electrons. The van der Waals surface area contributed by atoms with Gasteiger partial charge in [0.25, 0.3) is 0 Å². The Morgan fingerprint density at radius 2 is 1.85 bits per heavy atom. The van der Waals surface area contributed by atoms with Crippen molar-refractivity contribution < 1.29 is 4.79 Å². The van der Waals surface area contributed by atoms with Crippen molar-refractivity contribution in [1.29, 1.82) is 0 Å². The Kier molecular flexibility index (Phi) is 5.12. The van der Waals surface area contributed by atoms with Crippen LogP contribution in [0.5, 0.6) is 0 Å². The van der Waals surface area contributed by atoms with E-state index in [1.165, 1.54) is 5.56 Å². The molecule has 5 heteroatoms. The number of amides is 1. The van der Waals surface area contributed by atoms with Crippen LogP contribution in [0.1, 0.15) is 23.6 Å². The van der Waals surface area contributed by atoms with E-state index < -0.39 is 0 Å². The first-order valence-corrected chi connectivity index (χ1v) is 9.41. The Morgan fingerprint density at radius 3 is 2.67 bits per heavy atom. The minimum Gasteiger partial charge on any atom is -0.339 e. The lowest BCUT2D eigenvalue weighted by molar-refractivity contribution is -0.131. The molecule has 1 atom stereocenters. The Bertz CT molecular complexity index is 928. The predicted octanol–water partition coefficient (Wildman–Crippen LogP) is 3.08. The van der Waals surface area contributed by atoms with Gasteiger partial charge < -0.3 is 4.90 Å². The van der Waals surface area contributed by atoms with Gasteiger partial charge in [-0.3, -0.25) is 14.7 Å². The largest absolute Gasteiger partial charge is 0.339 e. The average molecular weight is 360 g/mol. The number of benzene rings is 2. The van der Waals surface area contributed by atoms with E-state index in [0.29, 0.717) is 19.0 Å². The summed E-state index contributed by atoms with van der Waals surface area (Å²) in [7, 11) is 1.84. The summed E-state index contributed by atoms with van der Waals surface area (Å²) in [6, 6.07) is 18.4. The lowest BCUT2D eigenvalue weighted by atomic mass is 9.99. The smallest absolute Gasteiger partial charge is 0.236 e. The topological polar surface area (TPSA) is 49.3 Å². The van der Waals surface area contributed by atoms with Crippen LogP contribution in [0.25, 0.3) is 11.0 Å². The zero-order chi connectivity index (χ0) is 18.6. The van der Waals surface area contributed by atoms with Crippen LogP contribution in [0.15, 0.2) is 60.8 Å². The van der Waals surface area contributed by atoms with E-state index in [2.05, 4.69) is 39.1 Å². The number of nitrogens with zero attached hydrogens (tertiary/aromatic N) is 4. The van der Waals surface area contributed by atoms with Crippen LogP contribution in [0.2, 0.25) is 0 Å². The van der Waals surface area contributed by atoms with Crippen molar-refractivity contribution in [3.63, 3.8) is 0 Å². The van der Waals surface area contributed by atoms with Crippen molar-refractivity contribution in [2.45, 2.75) is 18.9 Å². The molecule has 0 aliphatic carbocycles. The number of aromatic nitrogens is 2. The number of likely N-dealkylation sites (tertiary alicyclic amines) is 1. The zero-order valence-electron chi connectivity index (χ0n) is 15.6. The summed E-state index contributed by atoms with van der Waals surface area (Å²) in [5.41, 5.74) is 3.92. The molecule has 1 aliphatic rings. The van der Waals surface area contributed by atoms with E-state index >= 15 is 0 Å². The Labute approximate surface area is 159 Å². The molecule has 1 aliphatic heterocycles. The minimum atomic E-state index is 0.124. The summed E-state index contributed by atoms with van der Waals surface area (Å²) in [6.45, 7) is 2.85. The van der Waals surface area contributed by atoms with Crippen molar-refractivity contribution in [3.8, 4) is 0 Å². The molecule has 2 aromatic carbocycles. The SMILES string of the molecule is CN(Cc1cnc2ccccc2n1)C(=O)CN1CC[C@H](c2ccccc2)C1. The molecule has 27 heavy (non-hydrogen) atoms. The third-order valence-corrected chi connectivity index (χ3v) is 5.23. The third-order valence-electron chi connectivity index (χ3n) is 5.23. The van der Waals surface area contributed by atoms with E-state index in [1.54, 1.807) is 11.1 Å². The second kappa shape index (κ2) is 7.84. The van der Waals surface area contributed by atoms with Crippen LogP contribution in [0, 0.1) is 0 Å². The summed E-state index contributed by atoms with van der Waals surface area (Å²) in [5.74, 6) is 0.648. The first-order valence-electron chi connectivity index (χ1n) is 9.41. The quantitative estimate of drug-likeness (QED) is 0.702. The van der Waals surface area contributed by atoms with Crippen molar-refractivity contribution >= 4 is 16.9 Å². The maximum Gasteiger partial charge on any atom is 0.236 e. The molecule has 1 fully saturated rings. The summed E-state index contributed by atoms with van der Waals surface area (Å²) in [5, 5.41) is 0. The minimum absolute atomic E-state index is 0.124. The fourth-order valence-corrected chi connectivity index (χ4v) is 3.69. The molecule has 1 amide bonds. The van der Waals surface area contributed by atoms with Crippen LogP contribution in [0.3, 0.4) is 0 Å². The van der Waals surface area contributed by atoms with E-state index in [1.807, 2.05) is 37.4 Å². The number of carbonyl (C=O) groups excluding carboxylic acids is 1. The number of fused-ring (bicyclic) bond motifs is 1. The van der Waals surface area contributed by atoms with Gasteiger partial charge in [-0.2, -0.15) is 0 Å². The molecule has 3 aromatic rings. The predicted molar refractivity (Wildman–Crippen MR) is 106 cm³/mol. The highest BCUT2D eigenvalue weighted by Crippen LogP contribution is 2.26. The first kappa shape index (κ1) is 17.6. The molecule has 1 saturated heterocycles. The van der Waals surface area contributed by atoms with Gasteiger partial charge in [-0.05, 0) is 36.6 Å². The maximum absolute atomic E-state index is 12.6. The lowest BCUT2D eigenvalue weighted by Crippen LogP contribution is -2.37. The number of para-hydroxylation sites is 2. The molecule has 0 radical (unpaired) electrons. The van der Waals surface area contributed by atoms with Crippen molar-refractivity contribution in [2.24, 2.45) is 0 Å². The van der Waals surface area contributed by atoms with Gasteiger partial charge in [0.1, 0.15) is 0 Å². The zero-order valence-corrected chi connectivity index (χ0v) is 15.6. The maximum atomic E-state index is 12.6. The second-order valence-electron chi connectivity index (χ2n) is 7.23. The Morgan fingerprint density at radius 1 is 1.11 bits per heavy atom. The summed E-state index contributed by atoms with van der Waals surface area (Å²) in [4.78, 5) is 25.7. The normalized spacial score (nSPS) is 17.3. The van der Waals surface area contributed by atoms with Crippen molar-refractivity contribution in [1.82, 2.24) is 19.8 Å². The highest BCUT2D eigenvalue weighted by Gasteiger charge is 2.26. The van der Waals surface area contributed by atoms with Gasteiger partial charge in [0.2, 0.25) is 5.91 Å². The standard InChI is InChI=1S/C22H24N4O/c1-25(15-19-13-23-20-9-5-6-10-21(20)24-19)22(27)16-26-12-11-18(14-26)17-7-3-2-4-8-17/h2-10,13,18H,11-12,14-16H2,1H3/t18-/m0/s1. The Hall–Kier alpha value is -2.79. The third kappa shape index (κ3) is 4.14. The molecular weight excluding hydrogens is 336 g/mol. The number of carbonyl (C=O) groups is 1. The van der Waals surface area contributed by atoms with Gasteiger partial charge in [-0.25, -0.2) is 4.98 Å². The van der Waals surface area contributed by atoms with Gasteiger partial charge in [0.05, 0.1) is 36.0 Å². The van der Waals surface area contributed by atoms with Crippen LogP contribution < -0.4 is 0 Å². The first-order chi connectivity index (χ1) is 13.2. The number of hydrogen-bond donors (Lipinski definition) is 0. The molecule has 0 unspecified atom stereocenters. The molecule has 0 saturated carbocycles. The van der Waals surface area contributed by atoms with Gasteiger partial charge in [0.15, 0.2) is 0 Å². The van der Waals surface area contributed by atoms with Crippen LogP contribution in [-0.2, 0) is 11.3 Å². The molecule has 4 rings (SSSR count). The second-order valence-corrected chi connectivity index (χ2v) is 7.23. The van der Waals surface area contributed by atoms with E-state index in [4.69, 9.17) is 0 Å². The van der Waals surface area contributed by atoms with Gasteiger partial charge in [-0.1, -0.05) is 42.5 Å². The molecule has 0 N–H and O–H groups in total. The summed E-state index contributed by atoms with van der Waals surface area (Å²) >= 11 is 0. The monoisotopic (exact) mass is 360 g/mol. The molecule has 5 nitrogen and oxygen atoms in total. The summed E-state index contributed by atoms with van der Waals surface area (Å²) < 4.78 is 0. The fourth-order valence-electron chi connectivity index (χ4n) is 3.69. The average Bonchev–Trinajstić information content (AvgIpc) is 3.17. The lowest BCUT2D eigenvalue weighted by Gasteiger charge is -2.21. The summed E-state index contributed by atoms with van der Waals surface area (Å²) in [6.07, 6.45) is 2.87. The molecule has 1 aromatic heterocycles. The molecule has 2 heterocycles.